The van der Waals surface area contributed by atoms with Crippen molar-refractivity contribution >= 4 is 23.8 Å². The average Bonchev–Trinajstić information content (AvgIpc) is 2.90. The predicted octanol–water partition coefficient (Wildman–Crippen LogP) is 3.78. The summed E-state index contributed by atoms with van der Waals surface area (Å²) in [4.78, 5) is 42.2. The monoisotopic (exact) mass is 526 g/mol. The van der Waals surface area contributed by atoms with E-state index in [-0.39, 0.29) is 18.9 Å². The summed E-state index contributed by atoms with van der Waals surface area (Å²) in [5, 5.41) is 11.5. The molecule has 4 fully saturated rings. The predicted molar refractivity (Wildman–Crippen MR) is 134 cm³/mol. The Bertz CT molecular complexity index is 1250. The van der Waals surface area contributed by atoms with Crippen LogP contribution in [0.15, 0.2) is 24.3 Å². The summed E-state index contributed by atoms with van der Waals surface area (Å²) in [6.07, 6.45) is -3.74. The van der Waals surface area contributed by atoms with Crippen LogP contribution < -0.4 is 5.06 Å². The molecule has 4 unspecified atom stereocenters. The van der Waals surface area contributed by atoms with E-state index in [4.69, 9.17) is 18.9 Å². The van der Waals surface area contributed by atoms with Crippen molar-refractivity contribution in [3.63, 3.8) is 0 Å². The summed E-state index contributed by atoms with van der Waals surface area (Å²) in [7, 11) is 0. The first-order valence-corrected chi connectivity index (χ1v) is 12.8. The van der Waals surface area contributed by atoms with Gasteiger partial charge in [-0.1, -0.05) is 24.1 Å². The van der Waals surface area contributed by atoms with Crippen LogP contribution in [0.25, 0.3) is 0 Å². The molecule has 10 heteroatoms. The van der Waals surface area contributed by atoms with Crippen molar-refractivity contribution in [2.45, 2.75) is 95.3 Å². The van der Waals surface area contributed by atoms with Gasteiger partial charge in [0.05, 0.1) is 12.3 Å². The van der Waals surface area contributed by atoms with Gasteiger partial charge in [-0.2, -0.15) is 5.06 Å². The second-order valence-electron chi connectivity index (χ2n) is 12.3. The Morgan fingerprint density at radius 3 is 2.39 bits per heavy atom. The number of hydroxylamine groups is 1. The number of ether oxygens (including phenoxy) is 4. The molecule has 38 heavy (non-hydrogen) atoms. The Hall–Kier alpha value is -3.29. The number of carbonyl (C=O) groups is 3. The van der Waals surface area contributed by atoms with Crippen LogP contribution in [0, 0.1) is 17.8 Å². The first kappa shape index (κ1) is 26.3. The molecule has 1 spiro atoms. The normalized spacial score (nSPS) is 33.1. The molecule has 10 nitrogen and oxygen atoms in total. The van der Waals surface area contributed by atoms with E-state index in [0.29, 0.717) is 16.3 Å². The minimum absolute atomic E-state index is 0.135. The summed E-state index contributed by atoms with van der Waals surface area (Å²) in [6, 6.07) is 6.36. The van der Waals surface area contributed by atoms with Crippen molar-refractivity contribution < 1.29 is 38.5 Å². The molecule has 2 amide bonds. The number of hydrogen-bond donors (Lipinski definition) is 1. The molecule has 0 radical (unpaired) electrons. The van der Waals surface area contributed by atoms with Crippen LogP contribution in [0.5, 0.6) is 0 Å². The number of likely N-dealkylation sites (tertiary alicyclic amines) is 1. The number of fused-ring (bicyclic) bond motifs is 2. The third-order valence-corrected chi connectivity index (χ3v) is 7.66. The molecule has 5 aliphatic rings. The van der Waals surface area contributed by atoms with E-state index < -0.39 is 58.6 Å². The molecule has 1 aliphatic carbocycles. The van der Waals surface area contributed by atoms with Gasteiger partial charge in [0.2, 0.25) is 0 Å². The highest BCUT2D eigenvalue weighted by Crippen LogP contribution is 2.63. The van der Waals surface area contributed by atoms with Crippen molar-refractivity contribution in [1.29, 1.82) is 0 Å². The lowest BCUT2D eigenvalue weighted by Crippen LogP contribution is -2.81. The summed E-state index contributed by atoms with van der Waals surface area (Å²) < 4.78 is 23.6. The van der Waals surface area contributed by atoms with Gasteiger partial charge in [-0.05, 0) is 66.5 Å². The largest absolute Gasteiger partial charge is 0.509 e. The zero-order chi connectivity index (χ0) is 27.8. The van der Waals surface area contributed by atoms with Crippen LogP contribution in [0.1, 0.15) is 60.5 Å². The highest BCUT2D eigenvalue weighted by atomic mass is 16.7. The third-order valence-electron chi connectivity index (χ3n) is 7.66. The van der Waals surface area contributed by atoms with Crippen LogP contribution in [-0.4, -0.2) is 69.9 Å². The van der Waals surface area contributed by atoms with E-state index in [1.165, 1.54) is 4.90 Å². The second kappa shape index (κ2) is 8.35. The van der Waals surface area contributed by atoms with E-state index in [1.807, 2.05) is 0 Å². The molecule has 204 valence electrons. The number of anilines is 1. The molecule has 6 atom stereocenters. The average molecular weight is 527 g/mol. The number of rotatable bonds is 1. The second-order valence-corrected chi connectivity index (χ2v) is 12.3. The number of para-hydroxylation sites is 1. The first-order chi connectivity index (χ1) is 17.7. The van der Waals surface area contributed by atoms with Gasteiger partial charge < -0.3 is 18.9 Å². The van der Waals surface area contributed by atoms with Crippen molar-refractivity contribution in [2.75, 3.05) is 11.7 Å². The van der Waals surface area contributed by atoms with Gasteiger partial charge >= 0.3 is 12.2 Å². The Kier molecular flexibility index (Phi) is 5.79. The molecule has 0 aromatic heterocycles. The molecule has 1 saturated carbocycles. The smallest absolute Gasteiger partial charge is 0.444 e. The Morgan fingerprint density at radius 1 is 1.11 bits per heavy atom. The molecular formula is C28H34N2O8. The third kappa shape index (κ3) is 3.59. The van der Waals surface area contributed by atoms with Gasteiger partial charge in [0.1, 0.15) is 22.7 Å². The maximum Gasteiger partial charge on any atom is 0.509 e. The van der Waals surface area contributed by atoms with Crippen molar-refractivity contribution in [1.82, 2.24) is 4.90 Å². The minimum atomic E-state index is -1.44. The van der Waals surface area contributed by atoms with Crippen LogP contribution >= 0.6 is 0 Å². The summed E-state index contributed by atoms with van der Waals surface area (Å²) in [5.41, 5.74) is -3.56. The summed E-state index contributed by atoms with van der Waals surface area (Å²) in [6.45, 7) is 12.2. The molecule has 4 bridgehead atoms. The maximum absolute atomic E-state index is 13.9. The molecule has 3 saturated heterocycles. The molecule has 4 heterocycles. The van der Waals surface area contributed by atoms with Crippen LogP contribution in [-0.2, 0) is 29.2 Å². The lowest BCUT2D eigenvalue weighted by Gasteiger charge is -2.63. The fourth-order valence-corrected chi connectivity index (χ4v) is 6.51. The SMILES string of the molecule is CC#C[C@@]12C(OC(=O)OC(C)(C)C)C3OCC1[C@H](CC31C(=O)N(O)c3ccccc31)N2C(=O)OC(C)(C)C. The molecular weight excluding hydrogens is 492 g/mol. The summed E-state index contributed by atoms with van der Waals surface area (Å²) >= 11 is 0. The summed E-state index contributed by atoms with van der Waals surface area (Å²) in [5.74, 6) is 5.09. The van der Waals surface area contributed by atoms with E-state index in [9.17, 15) is 19.6 Å². The zero-order valence-corrected chi connectivity index (χ0v) is 22.7. The van der Waals surface area contributed by atoms with Crippen molar-refractivity contribution in [2.24, 2.45) is 5.92 Å². The Labute approximate surface area is 222 Å². The van der Waals surface area contributed by atoms with E-state index >= 15 is 0 Å². The van der Waals surface area contributed by atoms with Gasteiger partial charge in [0, 0.05) is 12.0 Å². The number of hydrogen-bond acceptors (Lipinski definition) is 8. The fraction of sp³-hybridized carbons (Fsp3) is 0.607. The highest BCUT2D eigenvalue weighted by molar-refractivity contribution is 6.07. The van der Waals surface area contributed by atoms with Gasteiger partial charge in [0.25, 0.3) is 5.91 Å². The van der Waals surface area contributed by atoms with Crippen LogP contribution in [0.3, 0.4) is 0 Å². The number of carbonyl (C=O) groups excluding carboxylic acids is 3. The minimum Gasteiger partial charge on any atom is -0.444 e. The van der Waals surface area contributed by atoms with Crippen LogP contribution in [0.2, 0.25) is 0 Å². The van der Waals surface area contributed by atoms with E-state index in [2.05, 4.69) is 11.8 Å². The van der Waals surface area contributed by atoms with Crippen LogP contribution in [0.4, 0.5) is 15.3 Å². The van der Waals surface area contributed by atoms with Gasteiger partial charge in [-0.15, -0.1) is 5.92 Å². The molecule has 6 rings (SSSR count). The molecule has 4 aliphatic heterocycles. The lowest BCUT2D eigenvalue weighted by molar-refractivity contribution is -0.230. The van der Waals surface area contributed by atoms with E-state index in [0.717, 1.165) is 0 Å². The highest BCUT2D eigenvalue weighted by Gasteiger charge is 2.80. The van der Waals surface area contributed by atoms with Gasteiger partial charge in [-0.25, -0.2) is 9.59 Å². The van der Waals surface area contributed by atoms with Crippen molar-refractivity contribution in [3.8, 4) is 11.8 Å². The number of amides is 2. The topological polar surface area (TPSA) is 115 Å². The maximum atomic E-state index is 13.9. The van der Waals surface area contributed by atoms with Gasteiger partial charge in [0.15, 0.2) is 11.6 Å². The number of nitrogens with zero attached hydrogens (tertiary/aromatic N) is 2. The van der Waals surface area contributed by atoms with Crippen molar-refractivity contribution in [3.05, 3.63) is 29.8 Å². The molecule has 1 aromatic rings. The molecule has 1 N–H and O–H groups in total. The number of benzene rings is 1. The standard InChI is InChI=1S/C28H34N2O8/c1-8-13-28-17-15-35-20(21(28)36-24(33)38-26(5,6)7)27(14-19(17)29(28)23(32)37-25(2,3)4)16-11-9-10-12-18(16)30(34)22(27)31/h9-12,17,19-21,34H,14-15H2,1-7H3/t17?,19-,20?,21?,27?,28-/m0/s1. The van der Waals surface area contributed by atoms with E-state index in [1.54, 1.807) is 72.7 Å². The Balaban J connectivity index is 1.71. The lowest BCUT2D eigenvalue weighted by atomic mass is 9.65. The quantitative estimate of drug-likeness (QED) is 0.334. The van der Waals surface area contributed by atoms with Gasteiger partial charge in [-0.3, -0.25) is 14.9 Å². The first-order valence-electron chi connectivity index (χ1n) is 12.8. The molecule has 1 aromatic carbocycles. The zero-order valence-electron chi connectivity index (χ0n) is 22.7. The fourth-order valence-electron chi connectivity index (χ4n) is 6.51. The Morgan fingerprint density at radius 2 is 1.76 bits per heavy atom.